The molecule has 0 bridgehead atoms. The van der Waals surface area contributed by atoms with Crippen LogP contribution in [0.3, 0.4) is 0 Å². The summed E-state index contributed by atoms with van der Waals surface area (Å²) in [6.45, 7) is 7.17. The van der Waals surface area contributed by atoms with Gasteiger partial charge in [-0.3, -0.25) is 0 Å². The molecule has 0 saturated heterocycles. The minimum absolute atomic E-state index is 0.372. The minimum Gasteiger partial charge on any atom is -0.491 e. The van der Waals surface area contributed by atoms with E-state index in [-0.39, 0.29) is 0 Å². The summed E-state index contributed by atoms with van der Waals surface area (Å²) >= 11 is 3.63. The third kappa shape index (κ3) is 5.28. The van der Waals surface area contributed by atoms with Gasteiger partial charge < -0.3 is 15.0 Å². The van der Waals surface area contributed by atoms with Gasteiger partial charge in [0.1, 0.15) is 12.4 Å². The van der Waals surface area contributed by atoms with Crippen LogP contribution in [0.5, 0.6) is 5.75 Å². The van der Waals surface area contributed by atoms with Gasteiger partial charge in [0.2, 0.25) is 0 Å². The summed E-state index contributed by atoms with van der Waals surface area (Å²) in [5.41, 5.74) is 1.29. The van der Waals surface area contributed by atoms with E-state index >= 15 is 0 Å². The number of benzene rings is 1. The molecule has 21 heavy (non-hydrogen) atoms. The molecule has 3 nitrogen and oxygen atoms in total. The SMILES string of the molecule is CCCNC(C)c1ccc(OCCN(C)C2CC2)c(Br)c1. The van der Waals surface area contributed by atoms with Gasteiger partial charge in [0.15, 0.2) is 0 Å². The molecule has 4 heteroatoms. The standard InChI is InChI=1S/C17H27BrN2O/c1-4-9-19-13(2)14-5-8-17(16(18)12-14)21-11-10-20(3)15-6-7-15/h5,8,12-13,15,19H,4,6-7,9-11H2,1-3H3. The highest BCUT2D eigenvalue weighted by Gasteiger charge is 2.25. The number of hydrogen-bond acceptors (Lipinski definition) is 3. The van der Waals surface area contributed by atoms with Crippen molar-refractivity contribution in [2.24, 2.45) is 0 Å². The fraction of sp³-hybridized carbons (Fsp3) is 0.647. The van der Waals surface area contributed by atoms with Crippen molar-refractivity contribution in [2.75, 3.05) is 26.7 Å². The van der Waals surface area contributed by atoms with E-state index in [0.29, 0.717) is 6.04 Å². The maximum absolute atomic E-state index is 5.89. The van der Waals surface area contributed by atoms with E-state index < -0.39 is 0 Å². The van der Waals surface area contributed by atoms with Crippen LogP contribution in [0.4, 0.5) is 0 Å². The third-order valence-electron chi connectivity index (χ3n) is 4.03. The van der Waals surface area contributed by atoms with E-state index in [9.17, 15) is 0 Å². The Labute approximate surface area is 137 Å². The Morgan fingerprint density at radius 2 is 2.19 bits per heavy atom. The molecule has 1 aromatic rings. The zero-order chi connectivity index (χ0) is 15.2. The molecule has 1 fully saturated rings. The van der Waals surface area contributed by atoms with Crippen molar-refractivity contribution in [3.8, 4) is 5.75 Å². The van der Waals surface area contributed by atoms with Gasteiger partial charge in [-0.25, -0.2) is 0 Å². The fourth-order valence-corrected chi connectivity index (χ4v) is 2.89. The van der Waals surface area contributed by atoms with Crippen molar-refractivity contribution >= 4 is 15.9 Å². The normalized spacial score (nSPS) is 16.2. The summed E-state index contributed by atoms with van der Waals surface area (Å²) in [6, 6.07) is 7.55. The number of ether oxygens (including phenoxy) is 1. The highest BCUT2D eigenvalue weighted by Crippen LogP contribution is 2.29. The van der Waals surface area contributed by atoms with Gasteiger partial charge in [-0.15, -0.1) is 0 Å². The molecule has 0 aromatic heterocycles. The number of halogens is 1. The molecule has 0 spiro atoms. The van der Waals surface area contributed by atoms with Crippen LogP contribution in [0.15, 0.2) is 22.7 Å². The first-order valence-corrected chi connectivity index (χ1v) is 8.77. The molecule has 0 aliphatic heterocycles. The quantitative estimate of drug-likeness (QED) is 0.725. The lowest BCUT2D eigenvalue weighted by Crippen LogP contribution is -2.26. The molecule has 118 valence electrons. The van der Waals surface area contributed by atoms with Crippen molar-refractivity contribution in [1.82, 2.24) is 10.2 Å². The Hall–Kier alpha value is -0.580. The molecule has 0 heterocycles. The average Bonchev–Trinajstić information content (AvgIpc) is 3.30. The van der Waals surface area contributed by atoms with Gasteiger partial charge in [-0.1, -0.05) is 13.0 Å². The first kappa shape index (κ1) is 16.8. The minimum atomic E-state index is 0.372. The Balaban J connectivity index is 1.83. The van der Waals surface area contributed by atoms with Gasteiger partial charge in [-0.05, 0) is 73.4 Å². The van der Waals surface area contributed by atoms with Crippen LogP contribution in [0.1, 0.15) is 44.7 Å². The monoisotopic (exact) mass is 354 g/mol. The zero-order valence-corrected chi connectivity index (χ0v) is 14.9. The van der Waals surface area contributed by atoms with Crippen molar-refractivity contribution < 1.29 is 4.74 Å². The molecule has 1 aromatic carbocycles. The van der Waals surface area contributed by atoms with Crippen molar-refractivity contribution in [1.29, 1.82) is 0 Å². The molecule has 1 aliphatic carbocycles. The molecule has 1 unspecified atom stereocenters. The second kappa shape index (κ2) is 8.16. The van der Waals surface area contributed by atoms with E-state index in [1.165, 1.54) is 18.4 Å². The van der Waals surface area contributed by atoms with Gasteiger partial charge in [0.05, 0.1) is 4.47 Å². The fourth-order valence-electron chi connectivity index (χ4n) is 2.38. The molecule has 1 aliphatic rings. The van der Waals surface area contributed by atoms with E-state index in [0.717, 1.165) is 42.4 Å². The van der Waals surface area contributed by atoms with Crippen molar-refractivity contribution in [3.63, 3.8) is 0 Å². The predicted octanol–water partition coefficient (Wildman–Crippen LogP) is 3.98. The number of likely N-dealkylation sites (N-methyl/N-ethyl adjacent to an activating group) is 1. The van der Waals surface area contributed by atoms with Gasteiger partial charge in [0, 0.05) is 18.6 Å². The van der Waals surface area contributed by atoms with Crippen LogP contribution < -0.4 is 10.1 Å². The van der Waals surface area contributed by atoms with Crippen molar-refractivity contribution in [2.45, 2.75) is 45.2 Å². The average molecular weight is 355 g/mol. The number of nitrogens with zero attached hydrogens (tertiary/aromatic N) is 1. The summed E-state index contributed by atoms with van der Waals surface area (Å²) in [7, 11) is 2.18. The zero-order valence-electron chi connectivity index (χ0n) is 13.4. The summed E-state index contributed by atoms with van der Waals surface area (Å²) in [4.78, 5) is 2.39. The summed E-state index contributed by atoms with van der Waals surface area (Å²) in [5, 5.41) is 3.50. The molecular weight excluding hydrogens is 328 g/mol. The predicted molar refractivity (Wildman–Crippen MR) is 92.0 cm³/mol. The lowest BCUT2D eigenvalue weighted by molar-refractivity contribution is 0.231. The topological polar surface area (TPSA) is 24.5 Å². The highest BCUT2D eigenvalue weighted by atomic mass is 79.9. The smallest absolute Gasteiger partial charge is 0.133 e. The largest absolute Gasteiger partial charge is 0.491 e. The van der Waals surface area contributed by atoms with Crippen LogP contribution in [0, 0.1) is 0 Å². The number of hydrogen-bond donors (Lipinski definition) is 1. The maximum Gasteiger partial charge on any atom is 0.133 e. The van der Waals surface area contributed by atoms with E-state index in [2.05, 4.69) is 65.2 Å². The number of rotatable bonds is 9. The molecule has 1 atom stereocenters. The molecule has 1 N–H and O–H groups in total. The molecule has 2 rings (SSSR count). The van der Waals surface area contributed by atoms with Gasteiger partial charge in [-0.2, -0.15) is 0 Å². The molecule has 0 amide bonds. The maximum atomic E-state index is 5.89. The van der Waals surface area contributed by atoms with E-state index in [1.807, 2.05) is 0 Å². The van der Waals surface area contributed by atoms with Gasteiger partial charge >= 0.3 is 0 Å². The molecule has 1 saturated carbocycles. The second-order valence-corrected chi connectivity index (χ2v) is 6.78. The van der Waals surface area contributed by atoms with Crippen LogP contribution in [-0.2, 0) is 0 Å². The summed E-state index contributed by atoms with van der Waals surface area (Å²) in [5.74, 6) is 0.936. The van der Waals surface area contributed by atoms with Gasteiger partial charge in [0.25, 0.3) is 0 Å². The Bertz CT molecular complexity index is 448. The van der Waals surface area contributed by atoms with Crippen LogP contribution in [0.2, 0.25) is 0 Å². The van der Waals surface area contributed by atoms with Crippen LogP contribution in [0.25, 0.3) is 0 Å². The van der Waals surface area contributed by atoms with Crippen molar-refractivity contribution in [3.05, 3.63) is 28.2 Å². The van der Waals surface area contributed by atoms with E-state index in [4.69, 9.17) is 4.74 Å². The summed E-state index contributed by atoms with van der Waals surface area (Å²) < 4.78 is 6.93. The third-order valence-corrected chi connectivity index (χ3v) is 4.65. The van der Waals surface area contributed by atoms with Crippen LogP contribution >= 0.6 is 15.9 Å². The summed E-state index contributed by atoms with van der Waals surface area (Å²) in [6.07, 6.45) is 3.84. The highest BCUT2D eigenvalue weighted by molar-refractivity contribution is 9.10. The molecular formula is C17H27BrN2O. The Kier molecular flexibility index (Phi) is 6.52. The Morgan fingerprint density at radius 3 is 2.81 bits per heavy atom. The molecule has 0 radical (unpaired) electrons. The lowest BCUT2D eigenvalue weighted by Gasteiger charge is -2.18. The number of nitrogens with one attached hydrogen (secondary N) is 1. The van der Waals surface area contributed by atoms with Crippen LogP contribution in [-0.4, -0.2) is 37.7 Å². The first-order chi connectivity index (χ1) is 10.1. The second-order valence-electron chi connectivity index (χ2n) is 5.93. The van der Waals surface area contributed by atoms with E-state index in [1.54, 1.807) is 0 Å². The lowest BCUT2D eigenvalue weighted by atomic mass is 10.1. The first-order valence-electron chi connectivity index (χ1n) is 7.97. The Morgan fingerprint density at radius 1 is 1.43 bits per heavy atom.